The summed E-state index contributed by atoms with van der Waals surface area (Å²) < 4.78 is 3.34. The molecule has 2 aromatic carbocycles. The third kappa shape index (κ3) is 16.7. The van der Waals surface area contributed by atoms with Crippen molar-refractivity contribution in [1.82, 2.24) is 0 Å². The van der Waals surface area contributed by atoms with Crippen molar-refractivity contribution in [1.29, 1.82) is 0 Å². The second kappa shape index (κ2) is 19.2. The van der Waals surface area contributed by atoms with Crippen molar-refractivity contribution >= 4 is 4.21 Å². The molecule has 0 amide bonds. The summed E-state index contributed by atoms with van der Waals surface area (Å²) in [7, 11) is 0. The van der Waals surface area contributed by atoms with Crippen LogP contribution in [0, 0.1) is 26.0 Å². The molecule has 0 saturated carbocycles. The van der Waals surface area contributed by atoms with Gasteiger partial charge in [0.25, 0.3) is 0 Å². The maximum absolute atomic E-state index is 3.72. The van der Waals surface area contributed by atoms with Gasteiger partial charge in [0, 0.05) is 0 Å². The molecule has 4 rings (SSSR count). The molecule has 26 heavy (non-hydrogen) atoms. The van der Waals surface area contributed by atoms with E-state index in [0.29, 0.717) is 0 Å². The van der Waals surface area contributed by atoms with Crippen molar-refractivity contribution in [2.24, 2.45) is 0 Å². The van der Waals surface area contributed by atoms with Gasteiger partial charge in [0.15, 0.2) is 0 Å². The molecule has 1 heteroatoms. The van der Waals surface area contributed by atoms with Gasteiger partial charge in [-0.2, -0.15) is 61.4 Å². The van der Waals surface area contributed by atoms with Crippen LogP contribution in [-0.2, 0) is 24.2 Å². The summed E-state index contributed by atoms with van der Waals surface area (Å²) in [6.45, 7) is 7.44. The van der Waals surface area contributed by atoms with Gasteiger partial charge in [0.2, 0.25) is 0 Å². The van der Waals surface area contributed by atoms with Gasteiger partial charge in [0.05, 0.1) is 0 Å². The third-order valence-electron chi connectivity index (χ3n) is 2.86. The molecule has 0 nitrogen and oxygen atoms in total. The van der Waals surface area contributed by atoms with Crippen molar-refractivity contribution < 1.29 is 24.2 Å². The van der Waals surface area contributed by atoms with E-state index in [1.807, 2.05) is 85.0 Å². The second-order valence-corrected chi connectivity index (χ2v) is 4.98. The first-order valence-electron chi connectivity index (χ1n) is 8.32. The Kier molecular flexibility index (Phi) is 17.7. The number of hydrogen-bond acceptors (Lipinski definition) is 0. The minimum atomic E-state index is 1.01. The van der Waals surface area contributed by atoms with Crippen LogP contribution in [0.2, 0.25) is 0 Å². The standard InChI is InChI=1S/2C7H7.2C5H5.CH2.Zr/c2*1-7-5-3-2-4-6-7;2*1-2-4-5-3-1;;/h2*2-6H,1H2;2*1-3H,4H2;1H2;/q4*-1;;. The first kappa shape index (κ1) is 23.9. The molecular formula is C25H26Zr-4. The molecule has 2 aromatic rings. The van der Waals surface area contributed by atoms with Gasteiger partial charge in [-0.15, -0.1) is 37.1 Å². The van der Waals surface area contributed by atoms with Gasteiger partial charge in [-0.25, -0.2) is 24.3 Å². The summed E-state index contributed by atoms with van der Waals surface area (Å²) >= 11 is 1.30. The zero-order valence-corrected chi connectivity index (χ0v) is 17.7. The number of benzene rings is 2. The van der Waals surface area contributed by atoms with Crippen molar-refractivity contribution in [3.05, 3.63) is 134 Å². The predicted molar refractivity (Wildman–Crippen MR) is 112 cm³/mol. The van der Waals surface area contributed by atoms with E-state index >= 15 is 0 Å². The summed E-state index contributed by atoms with van der Waals surface area (Å²) in [4.78, 5) is 0. The number of allylic oxidation sites excluding steroid dienone is 8. The monoisotopic (exact) mass is 416 g/mol. The van der Waals surface area contributed by atoms with E-state index in [9.17, 15) is 0 Å². The zero-order valence-electron chi connectivity index (χ0n) is 15.3. The molecule has 0 saturated heterocycles. The van der Waals surface area contributed by atoms with Gasteiger partial charge >= 0.3 is 28.4 Å². The van der Waals surface area contributed by atoms with Crippen LogP contribution in [0.4, 0.5) is 0 Å². The van der Waals surface area contributed by atoms with Crippen LogP contribution >= 0.6 is 0 Å². The van der Waals surface area contributed by atoms with E-state index in [2.05, 4.69) is 42.4 Å². The second-order valence-electron chi connectivity index (χ2n) is 4.98. The fraction of sp³-hybridized carbons (Fsp3) is 0.0800. The summed E-state index contributed by atoms with van der Waals surface area (Å²) in [6.07, 6.45) is 20.0. The van der Waals surface area contributed by atoms with E-state index in [1.54, 1.807) is 0 Å². The molecule has 0 spiro atoms. The molecule has 0 bridgehead atoms. The molecule has 2 aliphatic carbocycles. The fourth-order valence-corrected chi connectivity index (χ4v) is 1.64. The van der Waals surface area contributed by atoms with E-state index in [1.165, 1.54) is 24.2 Å². The van der Waals surface area contributed by atoms with E-state index < -0.39 is 0 Å². The Labute approximate surface area is 175 Å². The summed E-state index contributed by atoms with van der Waals surface area (Å²) in [6, 6.07) is 19.7. The molecule has 2 aliphatic rings. The van der Waals surface area contributed by atoms with Crippen LogP contribution in [0.3, 0.4) is 0 Å². The van der Waals surface area contributed by atoms with E-state index in [-0.39, 0.29) is 0 Å². The first-order valence-corrected chi connectivity index (χ1v) is 10.1. The van der Waals surface area contributed by atoms with Crippen LogP contribution in [-0.4, -0.2) is 4.21 Å². The fourth-order valence-electron chi connectivity index (χ4n) is 1.64. The third-order valence-corrected chi connectivity index (χ3v) is 2.86. The van der Waals surface area contributed by atoms with Gasteiger partial charge in [-0.1, -0.05) is 12.1 Å². The van der Waals surface area contributed by atoms with Crippen molar-refractivity contribution in [3.63, 3.8) is 0 Å². The quantitative estimate of drug-likeness (QED) is 0.440. The molecule has 0 aromatic heterocycles. The summed E-state index contributed by atoms with van der Waals surface area (Å²) in [5, 5.41) is 0. The van der Waals surface area contributed by atoms with Gasteiger partial charge in [-0.05, 0) is 0 Å². The molecule has 0 heterocycles. The minimum absolute atomic E-state index is 1.01. The topological polar surface area (TPSA) is 0 Å². The van der Waals surface area contributed by atoms with Crippen LogP contribution in [0.15, 0.2) is 97.1 Å². The Hall–Kier alpha value is -2.11. The van der Waals surface area contributed by atoms with Gasteiger partial charge in [0.1, 0.15) is 0 Å². The molecule has 0 N–H and O–H groups in total. The zero-order chi connectivity index (χ0) is 19.3. The van der Waals surface area contributed by atoms with Crippen LogP contribution in [0.5, 0.6) is 0 Å². The predicted octanol–water partition coefficient (Wildman–Crippen LogP) is 6.31. The molecule has 0 aliphatic heterocycles. The molecule has 0 fully saturated rings. The van der Waals surface area contributed by atoms with Gasteiger partial charge < -0.3 is 0 Å². The van der Waals surface area contributed by atoms with Crippen molar-refractivity contribution in [2.45, 2.75) is 12.8 Å². The SMILES string of the molecule is [C-]1=CC=CC1.[C-]1=CC=CC1.[CH2-]c1ccccc1.[CH2-]c1ccccc1.[CH2]=[Zr]. The van der Waals surface area contributed by atoms with Crippen molar-refractivity contribution in [3.8, 4) is 0 Å². The van der Waals surface area contributed by atoms with Crippen molar-refractivity contribution in [2.75, 3.05) is 0 Å². The van der Waals surface area contributed by atoms with E-state index in [4.69, 9.17) is 0 Å². The Morgan fingerprint density at radius 2 is 1.00 bits per heavy atom. The number of hydrogen-bond donors (Lipinski definition) is 0. The normalized spacial score (nSPS) is 11.5. The molecule has 0 atom stereocenters. The summed E-state index contributed by atoms with van der Waals surface area (Å²) in [5.41, 5.74) is 2.14. The Balaban J connectivity index is 0.000000314. The van der Waals surface area contributed by atoms with E-state index in [0.717, 1.165) is 24.0 Å². The Morgan fingerprint density at radius 1 is 0.654 bits per heavy atom. The first-order chi connectivity index (χ1) is 12.8. The molecule has 134 valence electrons. The Bertz CT molecular complexity index is 570. The average molecular weight is 418 g/mol. The van der Waals surface area contributed by atoms with Gasteiger partial charge in [-0.3, -0.25) is 12.2 Å². The number of rotatable bonds is 0. The Morgan fingerprint density at radius 3 is 1.12 bits per heavy atom. The maximum atomic E-state index is 3.72. The molecule has 0 radical (unpaired) electrons. The molecule has 0 unspecified atom stereocenters. The van der Waals surface area contributed by atoms with Crippen LogP contribution in [0.25, 0.3) is 0 Å². The average Bonchev–Trinajstić information content (AvgIpc) is 3.44. The van der Waals surface area contributed by atoms with Crippen LogP contribution < -0.4 is 0 Å². The van der Waals surface area contributed by atoms with Crippen LogP contribution in [0.1, 0.15) is 24.0 Å². The summed E-state index contributed by atoms with van der Waals surface area (Å²) in [5.74, 6) is 0. The molecular weight excluding hydrogens is 391 g/mol.